The van der Waals surface area contributed by atoms with E-state index >= 15 is 0 Å². The molecule has 1 aliphatic rings. The summed E-state index contributed by atoms with van der Waals surface area (Å²) in [5.74, 6) is -0.359. The number of hydrogen-bond acceptors (Lipinski definition) is 4. The maximum atomic E-state index is 12.1. The van der Waals surface area contributed by atoms with Crippen molar-refractivity contribution in [2.75, 3.05) is 12.3 Å². The number of hydrogen-bond donors (Lipinski definition) is 3. The lowest BCUT2D eigenvalue weighted by Gasteiger charge is -2.10. The van der Waals surface area contributed by atoms with Gasteiger partial charge in [-0.2, -0.15) is 0 Å². The second-order valence-electron chi connectivity index (χ2n) is 4.47. The smallest absolute Gasteiger partial charge is 0.242 e. The van der Waals surface area contributed by atoms with Gasteiger partial charge in [0, 0.05) is 16.8 Å². The summed E-state index contributed by atoms with van der Waals surface area (Å²) in [6.45, 7) is -0.322. The van der Waals surface area contributed by atoms with Crippen LogP contribution in [-0.2, 0) is 14.8 Å². The Balaban J connectivity index is 2.11. The van der Waals surface area contributed by atoms with Crippen LogP contribution in [-0.4, -0.2) is 26.9 Å². The van der Waals surface area contributed by atoms with Gasteiger partial charge in [-0.1, -0.05) is 11.6 Å². The largest absolute Gasteiger partial charge is 0.398 e. The van der Waals surface area contributed by atoms with Crippen molar-refractivity contribution in [2.45, 2.75) is 23.8 Å². The standard InChI is InChI=1S/C11H13BrClN3O3S/c12-11-8(14)3-6(13)4-9(11)20(18,19)15-5-10(17)16-7-1-2-7/h3-4,7,15H,1-2,5,14H2,(H,16,17). The Morgan fingerprint density at radius 3 is 2.70 bits per heavy atom. The van der Waals surface area contributed by atoms with E-state index in [-0.39, 0.29) is 38.6 Å². The molecule has 4 N–H and O–H groups in total. The van der Waals surface area contributed by atoms with Crippen molar-refractivity contribution >= 4 is 49.1 Å². The van der Waals surface area contributed by atoms with Crippen LogP contribution in [0.5, 0.6) is 0 Å². The molecule has 0 saturated heterocycles. The van der Waals surface area contributed by atoms with Crippen LogP contribution in [0.25, 0.3) is 0 Å². The highest BCUT2D eigenvalue weighted by Gasteiger charge is 2.25. The van der Waals surface area contributed by atoms with E-state index in [0.29, 0.717) is 0 Å². The number of amides is 1. The summed E-state index contributed by atoms with van der Waals surface area (Å²) < 4.78 is 26.7. The molecule has 20 heavy (non-hydrogen) atoms. The second kappa shape index (κ2) is 5.88. The molecule has 0 unspecified atom stereocenters. The minimum Gasteiger partial charge on any atom is -0.398 e. The third-order valence-corrected chi connectivity index (χ3v) is 5.48. The highest BCUT2D eigenvalue weighted by atomic mass is 79.9. The predicted molar refractivity (Wildman–Crippen MR) is 79.9 cm³/mol. The molecule has 110 valence electrons. The van der Waals surface area contributed by atoms with Gasteiger partial charge >= 0.3 is 0 Å². The molecule has 1 amide bonds. The van der Waals surface area contributed by atoms with Crippen molar-refractivity contribution in [3.8, 4) is 0 Å². The Bertz CT molecular complexity index is 647. The third-order valence-electron chi connectivity index (χ3n) is 2.69. The predicted octanol–water partition coefficient (Wildman–Crippen LogP) is 1.24. The molecule has 0 heterocycles. The van der Waals surface area contributed by atoms with Gasteiger partial charge in [-0.05, 0) is 40.9 Å². The summed E-state index contributed by atoms with van der Waals surface area (Å²) in [7, 11) is -3.87. The zero-order valence-corrected chi connectivity index (χ0v) is 13.5. The number of nitrogens with two attached hydrogens (primary N) is 1. The van der Waals surface area contributed by atoms with E-state index < -0.39 is 10.0 Å². The molecule has 1 aliphatic carbocycles. The Morgan fingerprint density at radius 1 is 1.45 bits per heavy atom. The van der Waals surface area contributed by atoms with E-state index in [1.807, 2.05) is 0 Å². The van der Waals surface area contributed by atoms with E-state index in [2.05, 4.69) is 26.0 Å². The first-order valence-electron chi connectivity index (χ1n) is 5.83. The molecular weight excluding hydrogens is 370 g/mol. The number of benzene rings is 1. The summed E-state index contributed by atoms with van der Waals surface area (Å²) in [5.41, 5.74) is 5.85. The van der Waals surface area contributed by atoms with Gasteiger partial charge in [-0.25, -0.2) is 13.1 Å². The van der Waals surface area contributed by atoms with Crippen LogP contribution in [0, 0.1) is 0 Å². The van der Waals surface area contributed by atoms with Crippen LogP contribution in [0.15, 0.2) is 21.5 Å². The fourth-order valence-electron chi connectivity index (χ4n) is 1.52. The first-order chi connectivity index (χ1) is 9.29. The molecular formula is C11H13BrClN3O3S. The normalized spacial score (nSPS) is 15.1. The highest BCUT2D eigenvalue weighted by Crippen LogP contribution is 2.31. The van der Waals surface area contributed by atoms with Crippen molar-refractivity contribution < 1.29 is 13.2 Å². The van der Waals surface area contributed by atoms with E-state index in [4.69, 9.17) is 17.3 Å². The summed E-state index contributed by atoms with van der Waals surface area (Å²) in [5, 5.41) is 2.89. The maximum Gasteiger partial charge on any atom is 0.242 e. The number of nitrogens with one attached hydrogen (secondary N) is 2. The Kier molecular flexibility index (Phi) is 4.58. The topological polar surface area (TPSA) is 101 Å². The molecule has 9 heteroatoms. The van der Waals surface area contributed by atoms with Crippen LogP contribution in [0.4, 0.5) is 5.69 Å². The number of rotatable bonds is 5. The van der Waals surface area contributed by atoms with Gasteiger partial charge in [-0.15, -0.1) is 0 Å². The number of carbonyl (C=O) groups excluding carboxylic acids is 1. The lowest BCUT2D eigenvalue weighted by Crippen LogP contribution is -2.37. The van der Waals surface area contributed by atoms with Gasteiger partial charge in [0.1, 0.15) is 0 Å². The molecule has 6 nitrogen and oxygen atoms in total. The molecule has 2 rings (SSSR count). The quantitative estimate of drug-likeness (QED) is 0.667. The fourth-order valence-corrected chi connectivity index (χ4v) is 3.80. The zero-order valence-electron chi connectivity index (χ0n) is 10.3. The van der Waals surface area contributed by atoms with Crippen molar-refractivity contribution in [3.63, 3.8) is 0 Å². The minimum absolute atomic E-state index is 0.0956. The summed E-state index contributed by atoms with van der Waals surface area (Å²) in [4.78, 5) is 11.4. The highest BCUT2D eigenvalue weighted by molar-refractivity contribution is 9.10. The molecule has 0 spiro atoms. The first kappa shape index (κ1) is 15.6. The Morgan fingerprint density at radius 2 is 2.10 bits per heavy atom. The van der Waals surface area contributed by atoms with Gasteiger partial charge in [0.05, 0.1) is 15.9 Å². The van der Waals surface area contributed by atoms with Crippen molar-refractivity contribution in [2.24, 2.45) is 0 Å². The monoisotopic (exact) mass is 381 g/mol. The molecule has 1 aromatic carbocycles. The van der Waals surface area contributed by atoms with Crippen LogP contribution in [0.2, 0.25) is 5.02 Å². The van der Waals surface area contributed by atoms with E-state index in [9.17, 15) is 13.2 Å². The number of carbonyl (C=O) groups is 1. The van der Waals surface area contributed by atoms with Gasteiger partial charge in [0.2, 0.25) is 15.9 Å². The lowest BCUT2D eigenvalue weighted by atomic mass is 10.3. The zero-order chi connectivity index (χ0) is 14.9. The van der Waals surface area contributed by atoms with Crippen LogP contribution < -0.4 is 15.8 Å². The Hall–Kier alpha value is -0.830. The molecule has 1 saturated carbocycles. The van der Waals surface area contributed by atoms with Gasteiger partial charge in [0.15, 0.2) is 0 Å². The summed E-state index contributed by atoms with van der Waals surface area (Å²) in [6, 6.07) is 2.88. The SMILES string of the molecule is Nc1cc(Cl)cc(S(=O)(=O)NCC(=O)NC2CC2)c1Br. The third kappa shape index (κ3) is 3.85. The average Bonchev–Trinajstić information content (AvgIpc) is 3.15. The second-order valence-corrected chi connectivity index (χ2v) is 7.44. The fraction of sp³-hybridized carbons (Fsp3) is 0.364. The first-order valence-corrected chi connectivity index (χ1v) is 8.48. The van der Waals surface area contributed by atoms with E-state index in [0.717, 1.165) is 12.8 Å². The Labute approximate surface area is 130 Å². The number of sulfonamides is 1. The lowest BCUT2D eigenvalue weighted by molar-refractivity contribution is -0.120. The minimum atomic E-state index is -3.87. The van der Waals surface area contributed by atoms with Crippen molar-refractivity contribution in [3.05, 3.63) is 21.6 Å². The molecule has 1 fully saturated rings. The number of anilines is 1. The van der Waals surface area contributed by atoms with Gasteiger partial charge in [-0.3, -0.25) is 4.79 Å². The van der Waals surface area contributed by atoms with Crippen LogP contribution >= 0.6 is 27.5 Å². The number of nitrogen functional groups attached to an aromatic ring is 1. The molecule has 1 aromatic rings. The van der Waals surface area contributed by atoms with Crippen molar-refractivity contribution in [1.82, 2.24) is 10.0 Å². The van der Waals surface area contributed by atoms with E-state index in [1.54, 1.807) is 0 Å². The number of halogens is 2. The molecule has 0 radical (unpaired) electrons. The van der Waals surface area contributed by atoms with Crippen LogP contribution in [0.3, 0.4) is 0 Å². The van der Waals surface area contributed by atoms with Crippen molar-refractivity contribution in [1.29, 1.82) is 0 Å². The molecule has 0 aromatic heterocycles. The van der Waals surface area contributed by atoms with Crippen LogP contribution in [0.1, 0.15) is 12.8 Å². The maximum absolute atomic E-state index is 12.1. The molecule has 0 atom stereocenters. The molecule has 0 aliphatic heterocycles. The van der Waals surface area contributed by atoms with Gasteiger partial charge in [0.25, 0.3) is 0 Å². The average molecular weight is 383 g/mol. The molecule has 0 bridgehead atoms. The van der Waals surface area contributed by atoms with Gasteiger partial charge < -0.3 is 11.1 Å². The summed E-state index contributed by atoms with van der Waals surface area (Å²) in [6.07, 6.45) is 1.88. The summed E-state index contributed by atoms with van der Waals surface area (Å²) >= 11 is 8.90. The van der Waals surface area contributed by atoms with E-state index in [1.165, 1.54) is 12.1 Å².